The van der Waals surface area contributed by atoms with Gasteiger partial charge < -0.3 is 16.2 Å². The van der Waals surface area contributed by atoms with Gasteiger partial charge in [0.1, 0.15) is 23.1 Å². The Hall–Kier alpha value is -1.73. The van der Waals surface area contributed by atoms with Crippen molar-refractivity contribution in [2.75, 3.05) is 5.73 Å². The number of hydrogen-bond donors (Lipinski definition) is 2. The Morgan fingerprint density at radius 1 is 1.53 bits per heavy atom. The maximum atomic E-state index is 11.1. The van der Waals surface area contributed by atoms with Gasteiger partial charge in [-0.25, -0.2) is 9.97 Å². The number of aromatic nitrogens is 2. The van der Waals surface area contributed by atoms with E-state index in [1.807, 2.05) is 0 Å². The summed E-state index contributed by atoms with van der Waals surface area (Å²) >= 11 is 1.52. The highest BCUT2D eigenvalue weighted by molar-refractivity contribution is 7.18. The maximum absolute atomic E-state index is 11.1. The molecule has 3 heterocycles. The molecule has 1 aliphatic heterocycles. The smallest absolute Gasteiger partial charge is 0.246 e. The van der Waals surface area contributed by atoms with Crippen LogP contribution in [-0.4, -0.2) is 22.0 Å². The average Bonchev–Trinajstić information content (AvgIpc) is 2.67. The molecular formula is C10H10N4O2S. The van der Waals surface area contributed by atoms with Gasteiger partial charge in [-0.2, -0.15) is 0 Å². The van der Waals surface area contributed by atoms with Crippen molar-refractivity contribution in [1.82, 2.24) is 9.97 Å². The maximum Gasteiger partial charge on any atom is 0.246 e. The Labute approximate surface area is 101 Å². The first-order chi connectivity index (χ1) is 8.16. The van der Waals surface area contributed by atoms with E-state index < -0.39 is 12.0 Å². The summed E-state index contributed by atoms with van der Waals surface area (Å²) < 4.78 is 5.38. The molecule has 4 N–H and O–H groups in total. The molecule has 2 aromatic heterocycles. The second kappa shape index (κ2) is 3.64. The molecule has 3 rings (SSSR count). The second-order valence-corrected chi connectivity index (χ2v) is 4.93. The zero-order valence-corrected chi connectivity index (χ0v) is 9.66. The number of nitrogen functional groups attached to an aromatic ring is 1. The van der Waals surface area contributed by atoms with Crippen molar-refractivity contribution in [2.45, 2.75) is 19.1 Å². The first kappa shape index (κ1) is 10.4. The van der Waals surface area contributed by atoms with Crippen LogP contribution in [0.15, 0.2) is 6.33 Å². The van der Waals surface area contributed by atoms with E-state index in [2.05, 4.69) is 9.97 Å². The minimum atomic E-state index is -0.583. The number of fused-ring (bicyclic) bond motifs is 3. The standard InChI is InChI=1S/C10H10N4O2S/c11-8-7-4-1-5(9(12)15)16-2-6(4)17-10(7)14-3-13-8/h3,5H,1-2H2,(H2,12,15)(H2,11,13,14). The topological polar surface area (TPSA) is 104 Å². The monoisotopic (exact) mass is 250 g/mol. The van der Waals surface area contributed by atoms with Gasteiger partial charge in [-0.3, -0.25) is 4.79 Å². The van der Waals surface area contributed by atoms with Gasteiger partial charge >= 0.3 is 0 Å². The number of primary amides is 1. The fraction of sp³-hybridized carbons (Fsp3) is 0.300. The summed E-state index contributed by atoms with van der Waals surface area (Å²) in [6.07, 6.45) is 1.30. The molecule has 6 nitrogen and oxygen atoms in total. The molecule has 2 aromatic rings. The van der Waals surface area contributed by atoms with Crippen LogP contribution in [0, 0.1) is 0 Å². The Morgan fingerprint density at radius 3 is 3.12 bits per heavy atom. The van der Waals surface area contributed by atoms with Gasteiger partial charge in [0.25, 0.3) is 0 Å². The van der Waals surface area contributed by atoms with Crippen LogP contribution >= 0.6 is 11.3 Å². The Balaban J connectivity index is 2.17. The molecule has 0 radical (unpaired) electrons. The summed E-state index contributed by atoms with van der Waals surface area (Å²) in [4.78, 5) is 21.2. The van der Waals surface area contributed by atoms with Crippen molar-refractivity contribution in [3.63, 3.8) is 0 Å². The Bertz CT molecular complexity index is 610. The number of anilines is 1. The van der Waals surface area contributed by atoms with Crippen LogP contribution < -0.4 is 11.5 Å². The van der Waals surface area contributed by atoms with Crippen molar-refractivity contribution in [1.29, 1.82) is 0 Å². The van der Waals surface area contributed by atoms with E-state index in [1.54, 1.807) is 0 Å². The van der Waals surface area contributed by atoms with Gasteiger partial charge in [-0.15, -0.1) is 11.3 Å². The highest BCUT2D eigenvalue weighted by Gasteiger charge is 2.28. The third-order valence-corrected chi connectivity index (χ3v) is 3.94. The fourth-order valence-electron chi connectivity index (χ4n) is 2.00. The first-order valence-electron chi connectivity index (χ1n) is 5.08. The summed E-state index contributed by atoms with van der Waals surface area (Å²) in [5.74, 6) is -0.0111. The van der Waals surface area contributed by atoms with Gasteiger partial charge in [0.2, 0.25) is 5.91 Å². The molecule has 0 spiro atoms. The predicted molar refractivity (Wildman–Crippen MR) is 63.3 cm³/mol. The third kappa shape index (κ3) is 1.55. The molecule has 1 amide bonds. The number of carbonyl (C=O) groups excluding carboxylic acids is 1. The van der Waals surface area contributed by atoms with Crippen molar-refractivity contribution in [3.05, 3.63) is 16.8 Å². The molecule has 0 aliphatic carbocycles. The molecular weight excluding hydrogens is 240 g/mol. The Morgan fingerprint density at radius 2 is 2.35 bits per heavy atom. The summed E-state index contributed by atoms with van der Waals surface area (Å²) in [5, 5.41) is 0.835. The van der Waals surface area contributed by atoms with E-state index in [1.165, 1.54) is 17.7 Å². The molecule has 88 valence electrons. The normalized spacial score (nSPS) is 19.2. The fourth-order valence-corrected chi connectivity index (χ4v) is 3.10. The molecule has 1 atom stereocenters. The molecule has 0 fully saturated rings. The number of thiophene rings is 1. The molecule has 0 aromatic carbocycles. The molecule has 0 saturated heterocycles. The number of nitrogens with zero attached hydrogens (tertiary/aromatic N) is 2. The van der Waals surface area contributed by atoms with Gasteiger partial charge in [0.15, 0.2) is 0 Å². The van der Waals surface area contributed by atoms with Crippen LogP contribution in [0.5, 0.6) is 0 Å². The third-order valence-electron chi connectivity index (χ3n) is 2.82. The number of amides is 1. The van der Waals surface area contributed by atoms with E-state index in [9.17, 15) is 4.79 Å². The van der Waals surface area contributed by atoms with Gasteiger partial charge in [-0.1, -0.05) is 0 Å². The zero-order valence-electron chi connectivity index (χ0n) is 8.84. The predicted octanol–water partition coefficient (Wildman–Crippen LogP) is 0.200. The highest BCUT2D eigenvalue weighted by atomic mass is 32.1. The van der Waals surface area contributed by atoms with Crippen LogP contribution in [0.1, 0.15) is 10.4 Å². The van der Waals surface area contributed by atoms with Crippen molar-refractivity contribution in [2.24, 2.45) is 5.73 Å². The van der Waals surface area contributed by atoms with Crippen LogP contribution in [0.3, 0.4) is 0 Å². The number of carbonyl (C=O) groups is 1. The molecule has 0 saturated carbocycles. The van der Waals surface area contributed by atoms with Crippen LogP contribution in [0.2, 0.25) is 0 Å². The second-order valence-electron chi connectivity index (χ2n) is 3.85. The summed E-state index contributed by atoms with van der Waals surface area (Å²) in [5.41, 5.74) is 12.1. The molecule has 17 heavy (non-hydrogen) atoms. The van der Waals surface area contributed by atoms with Crippen LogP contribution in [-0.2, 0) is 22.6 Å². The van der Waals surface area contributed by atoms with E-state index in [0.717, 1.165) is 20.7 Å². The molecule has 0 bridgehead atoms. The number of ether oxygens (including phenoxy) is 1. The van der Waals surface area contributed by atoms with E-state index in [0.29, 0.717) is 18.8 Å². The lowest BCUT2D eigenvalue weighted by atomic mass is 10.0. The largest absolute Gasteiger partial charge is 0.383 e. The summed E-state index contributed by atoms with van der Waals surface area (Å²) in [7, 11) is 0. The van der Waals surface area contributed by atoms with Crippen molar-refractivity contribution in [3.8, 4) is 0 Å². The molecule has 7 heteroatoms. The Kier molecular flexibility index (Phi) is 2.23. The van der Waals surface area contributed by atoms with Gasteiger partial charge in [0, 0.05) is 11.3 Å². The van der Waals surface area contributed by atoms with Crippen molar-refractivity contribution < 1.29 is 9.53 Å². The average molecular weight is 250 g/mol. The number of nitrogens with two attached hydrogens (primary N) is 2. The van der Waals surface area contributed by atoms with E-state index in [-0.39, 0.29) is 0 Å². The van der Waals surface area contributed by atoms with Crippen LogP contribution in [0.25, 0.3) is 10.2 Å². The highest BCUT2D eigenvalue weighted by Crippen LogP contribution is 2.36. The van der Waals surface area contributed by atoms with E-state index in [4.69, 9.17) is 16.2 Å². The molecule has 1 unspecified atom stereocenters. The summed E-state index contributed by atoms with van der Waals surface area (Å²) in [6.45, 7) is 0.378. The lowest BCUT2D eigenvalue weighted by molar-refractivity contribution is -0.130. The molecule has 1 aliphatic rings. The quantitative estimate of drug-likeness (QED) is 0.752. The zero-order chi connectivity index (χ0) is 12.0. The lowest BCUT2D eigenvalue weighted by Crippen LogP contribution is -2.35. The van der Waals surface area contributed by atoms with E-state index >= 15 is 0 Å². The minimum absolute atomic E-state index is 0.378. The van der Waals surface area contributed by atoms with Crippen molar-refractivity contribution >= 4 is 33.3 Å². The van der Waals surface area contributed by atoms with Gasteiger partial charge in [0.05, 0.1) is 12.0 Å². The van der Waals surface area contributed by atoms with Crippen LogP contribution in [0.4, 0.5) is 5.82 Å². The first-order valence-corrected chi connectivity index (χ1v) is 5.90. The van der Waals surface area contributed by atoms with Gasteiger partial charge in [-0.05, 0) is 5.56 Å². The number of rotatable bonds is 1. The number of hydrogen-bond acceptors (Lipinski definition) is 6. The lowest BCUT2D eigenvalue weighted by Gasteiger charge is -2.20. The SMILES string of the molecule is NC(=O)C1Cc2c(sc3ncnc(N)c23)CO1. The summed E-state index contributed by atoms with van der Waals surface area (Å²) in [6, 6.07) is 0. The minimum Gasteiger partial charge on any atom is -0.383 e.